The molecule has 0 saturated heterocycles. The lowest BCUT2D eigenvalue weighted by atomic mass is 10.2. The molecule has 0 atom stereocenters. The van der Waals surface area contributed by atoms with Crippen LogP contribution in [-0.2, 0) is 8.92 Å². The van der Waals surface area contributed by atoms with E-state index in [1.165, 1.54) is 10.7 Å². The normalized spacial score (nSPS) is 11.1. The molecule has 0 aliphatic heterocycles. The van der Waals surface area contributed by atoms with Gasteiger partial charge in [-0.3, -0.25) is 8.98 Å². The monoisotopic (exact) mass is 304 g/mol. The number of ether oxygens (including phenoxy) is 1. The Labute approximate surface area is 124 Å². The zero-order chi connectivity index (χ0) is 14.7. The van der Waals surface area contributed by atoms with Gasteiger partial charge < -0.3 is 9.15 Å². The topological polar surface area (TPSA) is 66.5 Å². The van der Waals surface area contributed by atoms with Crippen LogP contribution in [-0.4, -0.2) is 23.7 Å². The summed E-state index contributed by atoms with van der Waals surface area (Å²) in [4.78, 5) is 12.9. The van der Waals surface area contributed by atoms with Crippen LogP contribution in [0.2, 0.25) is 0 Å². The summed E-state index contributed by atoms with van der Waals surface area (Å²) < 4.78 is 17.3. The third kappa shape index (κ3) is 2.99. The van der Waals surface area contributed by atoms with E-state index in [0.29, 0.717) is 16.9 Å². The van der Waals surface area contributed by atoms with Crippen LogP contribution in [0.1, 0.15) is 0 Å². The first kappa shape index (κ1) is 13.9. The highest BCUT2D eigenvalue weighted by molar-refractivity contribution is 7.94. The van der Waals surface area contributed by atoms with Crippen molar-refractivity contribution in [1.29, 1.82) is 0 Å². The second kappa shape index (κ2) is 6.13. The van der Waals surface area contributed by atoms with Gasteiger partial charge in [0.25, 0.3) is 0 Å². The summed E-state index contributed by atoms with van der Waals surface area (Å²) in [6.45, 7) is 0.181. The van der Waals surface area contributed by atoms with Gasteiger partial charge in [-0.25, -0.2) is 4.68 Å². The number of benzene rings is 1. The standard InChI is InChI=1S/C14H12N2O4S/c1-18-9-19-21-10-3-4-11-12(17)8-14(20-13(11)7-10)16-6-2-5-15-16/h2-8H,9H2,1H3. The molecule has 0 amide bonds. The Hall–Kier alpha value is -2.09. The second-order valence-corrected chi connectivity index (χ2v) is 5.04. The second-order valence-electron chi connectivity index (χ2n) is 4.17. The number of fused-ring (bicyclic) bond motifs is 1. The third-order valence-corrected chi connectivity index (χ3v) is 3.40. The minimum atomic E-state index is -0.115. The van der Waals surface area contributed by atoms with Gasteiger partial charge in [-0.2, -0.15) is 5.10 Å². The average molecular weight is 304 g/mol. The van der Waals surface area contributed by atoms with E-state index >= 15 is 0 Å². The van der Waals surface area contributed by atoms with Crippen LogP contribution in [0.4, 0.5) is 0 Å². The van der Waals surface area contributed by atoms with Crippen LogP contribution >= 0.6 is 12.0 Å². The fourth-order valence-corrected chi connectivity index (χ4v) is 2.39. The van der Waals surface area contributed by atoms with E-state index in [4.69, 9.17) is 13.3 Å². The smallest absolute Gasteiger partial charge is 0.224 e. The Morgan fingerprint density at radius 3 is 3.05 bits per heavy atom. The van der Waals surface area contributed by atoms with Gasteiger partial charge in [-0.15, -0.1) is 0 Å². The molecule has 0 unspecified atom stereocenters. The van der Waals surface area contributed by atoms with Crippen molar-refractivity contribution in [1.82, 2.24) is 9.78 Å². The number of hydrogen-bond acceptors (Lipinski definition) is 6. The van der Waals surface area contributed by atoms with Crippen molar-refractivity contribution in [3.05, 3.63) is 52.9 Å². The minimum Gasteiger partial charge on any atom is -0.438 e. The van der Waals surface area contributed by atoms with Gasteiger partial charge in [-0.1, -0.05) is 0 Å². The Morgan fingerprint density at radius 1 is 1.38 bits per heavy atom. The molecule has 0 fully saturated rings. The first-order valence-electron chi connectivity index (χ1n) is 6.14. The molecule has 2 heterocycles. The van der Waals surface area contributed by atoms with Crippen LogP contribution < -0.4 is 5.43 Å². The highest BCUT2D eigenvalue weighted by atomic mass is 32.2. The molecule has 0 aliphatic rings. The molecular formula is C14H12N2O4S. The predicted molar refractivity (Wildman–Crippen MR) is 78.4 cm³/mol. The van der Waals surface area contributed by atoms with Gasteiger partial charge in [0.1, 0.15) is 5.58 Å². The van der Waals surface area contributed by atoms with E-state index in [-0.39, 0.29) is 12.2 Å². The molecule has 3 aromatic rings. The quantitative estimate of drug-likeness (QED) is 0.410. The van der Waals surface area contributed by atoms with Crippen LogP contribution in [0.3, 0.4) is 0 Å². The van der Waals surface area contributed by atoms with Gasteiger partial charge >= 0.3 is 0 Å². The minimum absolute atomic E-state index is 0.115. The van der Waals surface area contributed by atoms with Crippen molar-refractivity contribution in [2.24, 2.45) is 0 Å². The molecule has 0 N–H and O–H groups in total. The average Bonchev–Trinajstić information content (AvgIpc) is 3.01. The summed E-state index contributed by atoms with van der Waals surface area (Å²) in [5.41, 5.74) is 0.370. The molecule has 6 nitrogen and oxygen atoms in total. The Balaban J connectivity index is 2.00. The molecule has 1 aromatic carbocycles. The number of aromatic nitrogens is 2. The van der Waals surface area contributed by atoms with Crippen molar-refractivity contribution in [2.45, 2.75) is 4.90 Å². The van der Waals surface area contributed by atoms with E-state index in [0.717, 1.165) is 16.9 Å². The lowest BCUT2D eigenvalue weighted by Gasteiger charge is -2.05. The fourth-order valence-electron chi connectivity index (χ4n) is 1.83. The first-order valence-corrected chi connectivity index (χ1v) is 6.88. The summed E-state index contributed by atoms with van der Waals surface area (Å²) in [5.74, 6) is 0.373. The van der Waals surface area contributed by atoms with Gasteiger partial charge in [0.05, 0.1) is 5.39 Å². The van der Waals surface area contributed by atoms with Crippen LogP contribution in [0.5, 0.6) is 0 Å². The number of nitrogens with zero attached hydrogens (tertiary/aromatic N) is 2. The molecule has 0 aliphatic carbocycles. The Kier molecular flexibility index (Phi) is 4.05. The summed E-state index contributed by atoms with van der Waals surface area (Å²) >= 11 is 1.16. The molecule has 2 aromatic heterocycles. The zero-order valence-corrected chi connectivity index (χ0v) is 12.0. The summed E-state index contributed by atoms with van der Waals surface area (Å²) in [6.07, 6.45) is 3.33. The van der Waals surface area contributed by atoms with E-state index in [9.17, 15) is 4.79 Å². The van der Waals surface area contributed by atoms with E-state index in [1.807, 2.05) is 0 Å². The van der Waals surface area contributed by atoms with Crippen LogP contribution in [0.25, 0.3) is 16.9 Å². The molecular weight excluding hydrogens is 292 g/mol. The number of hydrogen-bond donors (Lipinski definition) is 0. The maximum absolute atomic E-state index is 12.1. The molecule has 7 heteroatoms. The molecule has 108 valence electrons. The van der Waals surface area contributed by atoms with E-state index in [1.54, 1.807) is 43.8 Å². The highest BCUT2D eigenvalue weighted by Crippen LogP contribution is 2.24. The largest absolute Gasteiger partial charge is 0.438 e. The van der Waals surface area contributed by atoms with Gasteiger partial charge in [0.15, 0.2) is 12.2 Å². The van der Waals surface area contributed by atoms with Crippen molar-refractivity contribution < 1.29 is 13.3 Å². The Morgan fingerprint density at radius 2 is 2.29 bits per heavy atom. The molecule has 0 bridgehead atoms. The summed E-state index contributed by atoms with van der Waals surface area (Å²) in [6, 6.07) is 8.45. The summed E-state index contributed by atoms with van der Waals surface area (Å²) in [5, 5.41) is 4.57. The van der Waals surface area contributed by atoms with Crippen molar-refractivity contribution in [3.8, 4) is 5.88 Å². The maximum atomic E-state index is 12.1. The molecule has 0 saturated carbocycles. The molecule has 21 heavy (non-hydrogen) atoms. The van der Waals surface area contributed by atoms with E-state index < -0.39 is 0 Å². The molecule has 0 spiro atoms. The maximum Gasteiger partial charge on any atom is 0.224 e. The van der Waals surface area contributed by atoms with Crippen molar-refractivity contribution in [2.75, 3.05) is 13.9 Å². The number of methoxy groups -OCH3 is 1. The predicted octanol–water partition coefficient (Wildman–Crippen LogP) is 2.61. The van der Waals surface area contributed by atoms with Crippen LogP contribution in [0.15, 0.2) is 56.8 Å². The zero-order valence-electron chi connectivity index (χ0n) is 11.2. The van der Waals surface area contributed by atoms with Crippen molar-refractivity contribution in [3.63, 3.8) is 0 Å². The summed E-state index contributed by atoms with van der Waals surface area (Å²) in [7, 11) is 1.55. The van der Waals surface area contributed by atoms with Gasteiger partial charge in [0, 0.05) is 42.5 Å². The lowest BCUT2D eigenvalue weighted by Crippen LogP contribution is -2.04. The van der Waals surface area contributed by atoms with Crippen LogP contribution in [0, 0.1) is 0 Å². The third-order valence-electron chi connectivity index (χ3n) is 2.74. The molecule has 0 radical (unpaired) electrons. The van der Waals surface area contributed by atoms with Gasteiger partial charge in [-0.05, 0) is 24.3 Å². The number of rotatable bonds is 5. The first-order chi connectivity index (χ1) is 10.3. The molecule has 3 rings (SSSR count). The lowest BCUT2D eigenvalue weighted by molar-refractivity contribution is 0.0670. The SMILES string of the molecule is COCOSc1ccc2c(=O)cc(-n3cccn3)oc2c1. The fraction of sp³-hybridized carbons (Fsp3) is 0.143. The highest BCUT2D eigenvalue weighted by Gasteiger charge is 2.08. The van der Waals surface area contributed by atoms with E-state index in [2.05, 4.69) is 5.10 Å². The van der Waals surface area contributed by atoms with Crippen molar-refractivity contribution >= 4 is 23.0 Å². The van der Waals surface area contributed by atoms with Gasteiger partial charge in [0.2, 0.25) is 5.88 Å². The Bertz CT molecular complexity index is 798.